The van der Waals surface area contributed by atoms with E-state index in [-0.39, 0.29) is 16.7 Å². The largest absolute Gasteiger partial charge is 0.304 e. The molecule has 0 aliphatic rings. The molecule has 0 radical (unpaired) electrons. The van der Waals surface area contributed by atoms with Crippen molar-refractivity contribution in [2.75, 3.05) is 14.1 Å². The van der Waals surface area contributed by atoms with Gasteiger partial charge in [-0.3, -0.25) is 4.79 Å². The number of nitrogens with zero attached hydrogens (tertiary/aromatic N) is 1. The molecule has 0 unspecified atom stereocenters. The van der Waals surface area contributed by atoms with Crippen molar-refractivity contribution in [1.82, 2.24) is 4.90 Å². The van der Waals surface area contributed by atoms with E-state index < -0.39 is 0 Å². The topological polar surface area (TPSA) is 20.3 Å². The third kappa shape index (κ3) is 3.47. The molecule has 0 aromatic heterocycles. The molecule has 0 saturated heterocycles. The lowest BCUT2D eigenvalue weighted by atomic mass is 9.77. The van der Waals surface area contributed by atoms with Crippen LogP contribution >= 0.6 is 0 Å². The van der Waals surface area contributed by atoms with Gasteiger partial charge in [-0.15, -0.1) is 0 Å². The van der Waals surface area contributed by atoms with Crippen LogP contribution in [0.15, 0.2) is 0 Å². The summed E-state index contributed by atoms with van der Waals surface area (Å²) in [6, 6.07) is 0. The SMILES string of the molecule is CC(=O)C(C)(C)CC(C)(C)N(C)C. The third-order valence-electron chi connectivity index (χ3n) is 3.04. The Hall–Kier alpha value is -0.370. The number of rotatable bonds is 4. The van der Waals surface area contributed by atoms with Crippen molar-refractivity contribution < 1.29 is 4.79 Å². The summed E-state index contributed by atoms with van der Waals surface area (Å²) in [4.78, 5) is 13.5. The molecule has 2 heteroatoms. The highest BCUT2D eigenvalue weighted by atomic mass is 16.1. The summed E-state index contributed by atoms with van der Waals surface area (Å²) in [6.07, 6.45) is 0.891. The standard InChI is InChI=1S/C11H23NO/c1-9(13)10(2,3)8-11(4,5)12(6)7/h8H2,1-7H3. The summed E-state index contributed by atoms with van der Waals surface area (Å²) in [7, 11) is 4.10. The smallest absolute Gasteiger partial charge is 0.135 e. The Kier molecular flexibility index (Phi) is 3.68. The van der Waals surface area contributed by atoms with Crippen molar-refractivity contribution >= 4 is 5.78 Å². The molecule has 0 aliphatic carbocycles. The first-order valence-electron chi connectivity index (χ1n) is 4.78. The average Bonchev–Trinajstić information content (AvgIpc) is 1.83. The molecule has 0 rings (SSSR count). The number of carbonyl (C=O) groups excluding carboxylic acids is 1. The molecule has 0 amide bonds. The molecule has 0 aromatic rings. The van der Waals surface area contributed by atoms with Crippen molar-refractivity contribution in [3.8, 4) is 0 Å². The van der Waals surface area contributed by atoms with Crippen LogP contribution in [0.2, 0.25) is 0 Å². The molecule has 0 N–H and O–H groups in total. The van der Waals surface area contributed by atoms with E-state index in [4.69, 9.17) is 0 Å². The van der Waals surface area contributed by atoms with Gasteiger partial charge in [0.2, 0.25) is 0 Å². The van der Waals surface area contributed by atoms with Crippen molar-refractivity contribution in [2.24, 2.45) is 5.41 Å². The maximum absolute atomic E-state index is 11.3. The summed E-state index contributed by atoms with van der Waals surface area (Å²) >= 11 is 0. The lowest BCUT2D eigenvalue weighted by molar-refractivity contribution is -0.126. The van der Waals surface area contributed by atoms with Crippen LogP contribution < -0.4 is 0 Å². The zero-order valence-corrected chi connectivity index (χ0v) is 10.1. The predicted molar refractivity (Wildman–Crippen MR) is 56.8 cm³/mol. The highest BCUT2D eigenvalue weighted by Crippen LogP contribution is 2.31. The third-order valence-corrected chi connectivity index (χ3v) is 3.04. The number of Topliss-reactive ketones (excluding diaryl/α,β-unsaturated/α-hetero) is 1. The van der Waals surface area contributed by atoms with Gasteiger partial charge in [0.05, 0.1) is 0 Å². The number of hydrogen-bond acceptors (Lipinski definition) is 2. The van der Waals surface area contributed by atoms with Crippen LogP contribution in [0.1, 0.15) is 41.0 Å². The number of ketones is 1. The molecule has 0 heterocycles. The maximum atomic E-state index is 11.3. The van der Waals surface area contributed by atoms with Crippen LogP contribution in [0.5, 0.6) is 0 Å². The van der Waals surface area contributed by atoms with Gasteiger partial charge in [-0.1, -0.05) is 13.8 Å². The Morgan fingerprint density at radius 3 is 1.77 bits per heavy atom. The molecule has 2 nitrogen and oxygen atoms in total. The Balaban J connectivity index is 4.52. The van der Waals surface area contributed by atoms with Gasteiger partial charge in [-0.2, -0.15) is 0 Å². The number of carbonyl (C=O) groups is 1. The van der Waals surface area contributed by atoms with E-state index in [1.807, 2.05) is 13.8 Å². The second-order valence-electron chi connectivity index (χ2n) is 5.32. The van der Waals surface area contributed by atoms with Crippen LogP contribution in [0.3, 0.4) is 0 Å². The highest BCUT2D eigenvalue weighted by Gasteiger charge is 2.33. The van der Waals surface area contributed by atoms with Gasteiger partial charge in [-0.25, -0.2) is 0 Å². The second-order valence-corrected chi connectivity index (χ2v) is 5.32. The molecule has 0 aromatic carbocycles. The fourth-order valence-electron chi connectivity index (χ4n) is 1.36. The molecular formula is C11H23NO. The summed E-state index contributed by atoms with van der Waals surface area (Å²) in [5.74, 6) is 0.266. The Bertz CT molecular complexity index is 192. The lowest BCUT2D eigenvalue weighted by Gasteiger charge is -2.38. The normalized spacial score (nSPS) is 13.5. The zero-order valence-electron chi connectivity index (χ0n) is 10.1. The van der Waals surface area contributed by atoms with Crippen molar-refractivity contribution in [3.63, 3.8) is 0 Å². The maximum Gasteiger partial charge on any atom is 0.135 e. The van der Waals surface area contributed by atoms with Crippen molar-refractivity contribution in [3.05, 3.63) is 0 Å². The van der Waals surface area contributed by atoms with E-state index in [0.717, 1.165) is 6.42 Å². The van der Waals surface area contributed by atoms with Crippen LogP contribution in [-0.2, 0) is 4.79 Å². The van der Waals surface area contributed by atoms with E-state index in [0.29, 0.717) is 0 Å². The van der Waals surface area contributed by atoms with Gasteiger partial charge < -0.3 is 4.90 Å². The average molecular weight is 185 g/mol. The number of hydrogen-bond donors (Lipinski definition) is 0. The minimum absolute atomic E-state index is 0.0785. The monoisotopic (exact) mass is 185 g/mol. The summed E-state index contributed by atoms with van der Waals surface area (Å²) in [5.41, 5.74) is -0.136. The van der Waals surface area contributed by atoms with Gasteiger partial charge in [0.15, 0.2) is 0 Å². The van der Waals surface area contributed by atoms with Gasteiger partial charge in [0.1, 0.15) is 5.78 Å². The highest BCUT2D eigenvalue weighted by molar-refractivity contribution is 5.81. The summed E-state index contributed by atoms with van der Waals surface area (Å²) in [5, 5.41) is 0. The van der Waals surface area contributed by atoms with Crippen LogP contribution in [0.25, 0.3) is 0 Å². The van der Waals surface area contributed by atoms with Crippen LogP contribution in [0.4, 0.5) is 0 Å². The van der Waals surface area contributed by atoms with E-state index in [1.165, 1.54) is 0 Å². The van der Waals surface area contributed by atoms with E-state index >= 15 is 0 Å². The molecule has 78 valence electrons. The first kappa shape index (κ1) is 12.6. The van der Waals surface area contributed by atoms with Gasteiger partial charge in [0.25, 0.3) is 0 Å². The molecule has 0 aliphatic heterocycles. The minimum Gasteiger partial charge on any atom is -0.304 e. The fourth-order valence-corrected chi connectivity index (χ4v) is 1.36. The summed E-state index contributed by atoms with van der Waals surface area (Å²) in [6.45, 7) is 10.0. The van der Waals surface area contributed by atoms with Crippen LogP contribution in [-0.4, -0.2) is 30.3 Å². The molecule has 0 saturated carbocycles. The minimum atomic E-state index is -0.215. The van der Waals surface area contributed by atoms with Gasteiger partial charge >= 0.3 is 0 Å². The van der Waals surface area contributed by atoms with E-state index in [9.17, 15) is 4.79 Å². The lowest BCUT2D eigenvalue weighted by Crippen LogP contribution is -2.43. The first-order valence-corrected chi connectivity index (χ1v) is 4.78. The molecular weight excluding hydrogens is 162 g/mol. The molecule has 0 spiro atoms. The van der Waals surface area contributed by atoms with Crippen LogP contribution in [0, 0.1) is 5.41 Å². The first-order chi connectivity index (χ1) is 5.59. The molecule has 13 heavy (non-hydrogen) atoms. The Morgan fingerprint density at radius 1 is 1.15 bits per heavy atom. The predicted octanol–water partition coefficient (Wildman–Crippen LogP) is 2.33. The zero-order chi connectivity index (χ0) is 10.9. The quantitative estimate of drug-likeness (QED) is 0.670. The molecule has 0 bridgehead atoms. The molecule has 0 fully saturated rings. The van der Waals surface area contributed by atoms with E-state index in [2.05, 4.69) is 32.8 Å². The Labute approximate surface area is 82.3 Å². The van der Waals surface area contributed by atoms with E-state index in [1.54, 1.807) is 6.92 Å². The summed E-state index contributed by atoms with van der Waals surface area (Å²) < 4.78 is 0. The molecule has 0 atom stereocenters. The van der Waals surface area contributed by atoms with Crippen molar-refractivity contribution in [2.45, 2.75) is 46.6 Å². The van der Waals surface area contributed by atoms with Gasteiger partial charge in [0, 0.05) is 11.0 Å². The fraction of sp³-hybridized carbons (Fsp3) is 0.909. The van der Waals surface area contributed by atoms with Gasteiger partial charge in [-0.05, 0) is 41.3 Å². The van der Waals surface area contributed by atoms with Crippen molar-refractivity contribution in [1.29, 1.82) is 0 Å². The Morgan fingerprint density at radius 2 is 1.54 bits per heavy atom. The second kappa shape index (κ2) is 3.79.